The van der Waals surface area contributed by atoms with E-state index in [1.54, 1.807) is 0 Å². The number of fused-ring (bicyclic) bond motifs is 2. The molecule has 2 bridgehead atoms. The van der Waals surface area contributed by atoms with Crippen LogP contribution in [0.1, 0.15) is 43.5 Å². The van der Waals surface area contributed by atoms with Gasteiger partial charge in [0.1, 0.15) is 6.10 Å². The molecular weight excluding hydrogens is 258 g/mol. The third-order valence-electron chi connectivity index (χ3n) is 4.62. The van der Waals surface area contributed by atoms with Gasteiger partial charge < -0.3 is 19.3 Å². The Morgan fingerprint density at radius 1 is 1.15 bits per heavy atom. The topological polar surface area (TPSA) is 69.4 Å². The number of hydrogen-bond donors (Lipinski definition) is 1. The maximum atomic E-state index is 5.59. The van der Waals surface area contributed by atoms with Gasteiger partial charge in [-0.05, 0) is 31.6 Å². The molecule has 3 fully saturated rings. The summed E-state index contributed by atoms with van der Waals surface area (Å²) in [6.07, 6.45) is 5.85. The number of aromatic nitrogens is 2. The van der Waals surface area contributed by atoms with E-state index in [2.05, 4.69) is 15.5 Å². The smallest absolute Gasteiger partial charge is 0.227 e. The van der Waals surface area contributed by atoms with Gasteiger partial charge in [-0.3, -0.25) is 0 Å². The highest BCUT2D eigenvalue weighted by Crippen LogP contribution is 2.32. The lowest BCUT2D eigenvalue weighted by molar-refractivity contribution is -0.0941. The van der Waals surface area contributed by atoms with Crippen molar-refractivity contribution >= 4 is 0 Å². The Morgan fingerprint density at radius 2 is 2.00 bits per heavy atom. The lowest BCUT2D eigenvalue weighted by Gasteiger charge is -2.28. The molecule has 1 aromatic heterocycles. The Bertz CT molecular complexity index is 446. The second kappa shape index (κ2) is 5.42. The number of nitrogens with one attached hydrogen (secondary N) is 1. The average Bonchev–Trinajstić information content (AvgIpc) is 3.07. The van der Waals surface area contributed by atoms with E-state index in [-0.39, 0.29) is 6.10 Å². The van der Waals surface area contributed by atoms with Gasteiger partial charge in [-0.25, -0.2) is 0 Å². The normalized spacial score (nSPS) is 37.2. The van der Waals surface area contributed by atoms with Gasteiger partial charge in [0.15, 0.2) is 0 Å². The van der Waals surface area contributed by atoms with Gasteiger partial charge in [-0.1, -0.05) is 5.16 Å². The summed E-state index contributed by atoms with van der Waals surface area (Å²) in [5.74, 6) is 2.06. The van der Waals surface area contributed by atoms with E-state index in [4.69, 9.17) is 14.0 Å². The Labute approximate surface area is 118 Å². The van der Waals surface area contributed by atoms with Crippen molar-refractivity contribution in [2.45, 2.75) is 50.3 Å². The Hall–Kier alpha value is -0.980. The third kappa shape index (κ3) is 2.60. The monoisotopic (exact) mass is 279 g/mol. The summed E-state index contributed by atoms with van der Waals surface area (Å²) < 4.78 is 16.4. The first-order valence-electron chi connectivity index (χ1n) is 7.64. The van der Waals surface area contributed by atoms with E-state index in [0.29, 0.717) is 43.6 Å². The van der Waals surface area contributed by atoms with Gasteiger partial charge in [0.25, 0.3) is 0 Å². The van der Waals surface area contributed by atoms with Crippen molar-refractivity contribution in [2.24, 2.45) is 5.92 Å². The Balaban J connectivity index is 1.38. The highest BCUT2D eigenvalue weighted by Gasteiger charge is 2.34. The lowest BCUT2D eigenvalue weighted by atomic mass is 9.90. The van der Waals surface area contributed by atoms with Crippen LogP contribution in [0.15, 0.2) is 4.52 Å². The molecule has 110 valence electrons. The third-order valence-corrected chi connectivity index (χ3v) is 4.62. The standard InChI is InChI=1S/C14H21N3O3/c1-2-11-6-9(5-10(1)15-11)7-13-16-14(17-20-13)12-8-18-3-4-19-12/h9-12,15H,1-8H2. The molecule has 1 N–H and O–H groups in total. The first-order chi connectivity index (χ1) is 9.87. The van der Waals surface area contributed by atoms with Crippen molar-refractivity contribution in [1.29, 1.82) is 0 Å². The second-order valence-corrected chi connectivity index (χ2v) is 6.16. The molecule has 0 spiro atoms. The maximum absolute atomic E-state index is 5.59. The molecule has 0 amide bonds. The van der Waals surface area contributed by atoms with E-state index < -0.39 is 0 Å². The number of nitrogens with zero attached hydrogens (tertiary/aromatic N) is 2. The molecule has 3 unspecified atom stereocenters. The summed E-state index contributed by atoms with van der Waals surface area (Å²) in [5, 5.41) is 7.71. The fourth-order valence-electron chi connectivity index (χ4n) is 3.71. The fraction of sp³-hybridized carbons (Fsp3) is 0.857. The van der Waals surface area contributed by atoms with Crippen LogP contribution in [0, 0.1) is 5.92 Å². The molecule has 3 aliphatic heterocycles. The van der Waals surface area contributed by atoms with Crippen LogP contribution in [0.3, 0.4) is 0 Å². The van der Waals surface area contributed by atoms with E-state index in [9.17, 15) is 0 Å². The number of hydrogen-bond acceptors (Lipinski definition) is 6. The highest BCUT2D eigenvalue weighted by molar-refractivity contribution is 4.97. The molecule has 0 aromatic carbocycles. The van der Waals surface area contributed by atoms with Crippen LogP contribution in [0.5, 0.6) is 0 Å². The molecule has 0 aliphatic carbocycles. The SMILES string of the molecule is C1COC(c2noc(CC3CC4CCC(C3)N4)n2)CO1. The second-order valence-electron chi connectivity index (χ2n) is 6.16. The average molecular weight is 279 g/mol. The van der Waals surface area contributed by atoms with Crippen molar-refractivity contribution in [3.8, 4) is 0 Å². The molecule has 4 rings (SSSR count). The summed E-state index contributed by atoms with van der Waals surface area (Å²) in [5.41, 5.74) is 0. The zero-order valence-corrected chi connectivity index (χ0v) is 11.6. The van der Waals surface area contributed by atoms with Gasteiger partial charge in [0, 0.05) is 18.5 Å². The summed E-state index contributed by atoms with van der Waals surface area (Å²) in [6.45, 7) is 1.78. The quantitative estimate of drug-likeness (QED) is 0.897. The molecule has 4 heterocycles. The van der Waals surface area contributed by atoms with E-state index in [1.165, 1.54) is 25.7 Å². The van der Waals surface area contributed by atoms with Crippen LogP contribution in [-0.4, -0.2) is 42.0 Å². The summed E-state index contributed by atoms with van der Waals surface area (Å²) >= 11 is 0. The summed E-state index contributed by atoms with van der Waals surface area (Å²) in [6, 6.07) is 1.41. The van der Waals surface area contributed by atoms with Crippen molar-refractivity contribution in [3.05, 3.63) is 11.7 Å². The van der Waals surface area contributed by atoms with E-state index >= 15 is 0 Å². The van der Waals surface area contributed by atoms with Gasteiger partial charge >= 0.3 is 0 Å². The molecule has 3 aliphatic rings. The maximum Gasteiger partial charge on any atom is 0.227 e. The molecule has 6 heteroatoms. The van der Waals surface area contributed by atoms with E-state index in [0.717, 1.165) is 12.3 Å². The Morgan fingerprint density at radius 3 is 2.75 bits per heavy atom. The first kappa shape index (κ1) is 12.7. The van der Waals surface area contributed by atoms with Crippen LogP contribution in [0.2, 0.25) is 0 Å². The minimum absolute atomic E-state index is 0.162. The van der Waals surface area contributed by atoms with Crippen LogP contribution < -0.4 is 5.32 Å². The Kier molecular flexibility index (Phi) is 3.45. The zero-order valence-electron chi connectivity index (χ0n) is 11.6. The molecular formula is C14H21N3O3. The fourth-order valence-corrected chi connectivity index (χ4v) is 3.71. The highest BCUT2D eigenvalue weighted by atomic mass is 16.6. The molecule has 20 heavy (non-hydrogen) atoms. The van der Waals surface area contributed by atoms with Gasteiger partial charge in [0.2, 0.25) is 11.7 Å². The van der Waals surface area contributed by atoms with Crippen molar-refractivity contribution in [3.63, 3.8) is 0 Å². The number of ether oxygens (including phenoxy) is 2. The van der Waals surface area contributed by atoms with Crippen LogP contribution in [0.25, 0.3) is 0 Å². The van der Waals surface area contributed by atoms with Crippen LogP contribution in [0.4, 0.5) is 0 Å². The van der Waals surface area contributed by atoms with E-state index in [1.807, 2.05) is 0 Å². The first-order valence-corrected chi connectivity index (χ1v) is 7.64. The molecule has 3 atom stereocenters. The minimum Gasteiger partial charge on any atom is -0.376 e. The zero-order chi connectivity index (χ0) is 13.4. The summed E-state index contributed by atoms with van der Waals surface area (Å²) in [7, 11) is 0. The lowest BCUT2D eigenvalue weighted by Crippen LogP contribution is -2.38. The predicted octanol–water partition coefficient (Wildman–Crippen LogP) is 1.23. The summed E-state index contributed by atoms with van der Waals surface area (Å²) in [4.78, 5) is 4.50. The van der Waals surface area contributed by atoms with Gasteiger partial charge in [-0.15, -0.1) is 0 Å². The molecule has 6 nitrogen and oxygen atoms in total. The molecule has 0 radical (unpaired) electrons. The van der Waals surface area contributed by atoms with Crippen molar-refractivity contribution in [2.75, 3.05) is 19.8 Å². The van der Waals surface area contributed by atoms with Gasteiger partial charge in [0.05, 0.1) is 19.8 Å². The van der Waals surface area contributed by atoms with Crippen molar-refractivity contribution in [1.82, 2.24) is 15.5 Å². The number of rotatable bonds is 3. The van der Waals surface area contributed by atoms with Crippen LogP contribution >= 0.6 is 0 Å². The van der Waals surface area contributed by atoms with Crippen molar-refractivity contribution < 1.29 is 14.0 Å². The predicted molar refractivity (Wildman–Crippen MR) is 70.2 cm³/mol. The molecule has 1 aromatic rings. The minimum atomic E-state index is -0.162. The molecule has 3 saturated heterocycles. The molecule has 0 saturated carbocycles. The number of piperidine rings is 1. The van der Waals surface area contributed by atoms with Crippen LogP contribution in [-0.2, 0) is 15.9 Å². The largest absolute Gasteiger partial charge is 0.376 e. The van der Waals surface area contributed by atoms with Gasteiger partial charge in [-0.2, -0.15) is 4.98 Å².